The third-order valence-electron chi connectivity index (χ3n) is 2.64. The Labute approximate surface area is 95.7 Å². The van der Waals surface area contributed by atoms with E-state index in [1.54, 1.807) is 0 Å². The van der Waals surface area contributed by atoms with Gasteiger partial charge in [0.05, 0.1) is 5.56 Å². The van der Waals surface area contributed by atoms with Crippen LogP contribution in [0.3, 0.4) is 0 Å². The number of hydrogen-bond acceptors (Lipinski definition) is 2. The standard InChI is InChI=1S/C13H18O3/c1-3-5-9-10(6-4-2)12(14)8-7-11(9)13(15)16/h7-8,14H,3-6H2,1-2H3,(H,15,16). The maximum Gasteiger partial charge on any atom is 0.335 e. The number of benzene rings is 1. The lowest BCUT2D eigenvalue weighted by molar-refractivity contribution is 0.0695. The van der Waals surface area contributed by atoms with E-state index in [4.69, 9.17) is 5.11 Å². The van der Waals surface area contributed by atoms with E-state index in [1.165, 1.54) is 12.1 Å². The third-order valence-corrected chi connectivity index (χ3v) is 2.64. The van der Waals surface area contributed by atoms with E-state index in [1.807, 2.05) is 13.8 Å². The van der Waals surface area contributed by atoms with Crippen molar-refractivity contribution in [1.29, 1.82) is 0 Å². The van der Waals surface area contributed by atoms with Crippen molar-refractivity contribution in [3.05, 3.63) is 28.8 Å². The van der Waals surface area contributed by atoms with Crippen molar-refractivity contribution >= 4 is 5.97 Å². The first-order chi connectivity index (χ1) is 7.61. The number of phenolic OH excluding ortho intramolecular Hbond substituents is 1. The Bertz CT molecular complexity index is 383. The summed E-state index contributed by atoms with van der Waals surface area (Å²) in [7, 11) is 0. The Morgan fingerprint density at radius 3 is 2.19 bits per heavy atom. The van der Waals surface area contributed by atoms with Crippen LogP contribution < -0.4 is 0 Å². The smallest absolute Gasteiger partial charge is 0.335 e. The van der Waals surface area contributed by atoms with Crippen molar-refractivity contribution in [1.82, 2.24) is 0 Å². The Hall–Kier alpha value is -1.51. The van der Waals surface area contributed by atoms with Crippen molar-refractivity contribution in [2.75, 3.05) is 0 Å². The number of phenols is 1. The van der Waals surface area contributed by atoms with Crippen molar-refractivity contribution < 1.29 is 15.0 Å². The molecular weight excluding hydrogens is 204 g/mol. The lowest BCUT2D eigenvalue weighted by atomic mass is 9.93. The average molecular weight is 222 g/mol. The number of carboxylic acid groups (broad SMARTS) is 1. The van der Waals surface area contributed by atoms with Crippen molar-refractivity contribution in [2.24, 2.45) is 0 Å². The van der Waals surface area contributed by atoms with E-state index >= 15 is 0 Å². The predicted octanol–water partition coefficient (Wildman–Crippen LogP) is 3.00. The van der Waals surface area contributed by atoms with Gasteiger partial charge in [-0.2, -0.15) is 0 Å². The van der Waals surface area contributed by atoms with Gasteiger partial charge in [-0.1, -0.05) is 26.7 Å². The lowest BCUT2D eigenvalue weighted by Crippen LogP contribution is -2.06. The minimum absolute atomic E-state index is 0.218. The first-order valence-corrected chi connectivity index (χ1v) is 5.68. The van der Waals surface area contributed by atoms with Crippen LogP contribution in [-0.2, 0) is 12.8 Å². The summed E-state index contributed by atoms with van der Waals surface area (Å²) in [5.74, 6) is -0.698. The van der Waals surface area contributed by atoms with Crippen LogP contribution in [0, 0.1) is 0 Å². The maximum absolute atomic E-state index is 11.1. The summed E-state index contributed by atoms with van der Waals surface area (Å²) in [6.45, 7) is 4.02. The highest BCUT2D eigenvalue weighted by atomic mass is 16.4. The summed E-state index contributed by atoms with van der Waals surface area (Å²) in [5, 5.41) is 18.9. The SMILES string of the molecule is CCCc1c(O)ccc(C(=O)O)c1CCC. The molecule has 0 aliphatic rings. The highest BCUT2D eigenvalue weighted by molar-refractivity contribution is 5.90. The molecule has 1 aromatic carbocycles. The first kappa shape index (κ1) is 12.6. The molecule has 0 heterocycles. The molecular formula is C13H18O3. The third kappa shape index (κ3) is 2.54. The first-order valence-electron chi connectivity index (χ1n) is 5.68. The molecule has 0 saturated carbocycles. The Morgan fingerprint density at radius 1 is 1.12 bits per heavy atom. The Kier molecular flexibility index (Phi) is 4.35. The second-order valence-corrected chi connectivity index (χ2v) is 3.89. The zero-order valence-corrected chi connectivity index (χ0v) is 9.79. The fourth-order valence-corrected chi connectivity index (χ4v) is 1.95. The van der Waals surface area contributed by atoms with E-state index in [0.717, 1.165) is 30.4 Å². The Balaban J connectivity index is 3.30. The molecule has 0 aliphatic carbocycles. The number of hydrogen-bond donors (Lipinski definition) is 2. The van der Waals surface area contributed by atoms with E-state index in [-0.39, 0.29) is 5.75 Å². The van der Waals surface area contributed by atoms with Crippen LogP contribution in [0.1, 0.15) is 48.2 Å². The van der Waals surface area contributed by atoms with Crippen LogP contribution in [0.25, 0.3) is 0 Å². The number of carbonyl (C=O) groups is 1. The minimum atomic E-state index is -0.916. The van der Waals surface area contributed by atoms with Gasteiger partial charge < -0.3 is 10.2 Å². The van der Waals surface area contributed by atoms with Gasteiger partial charge in [0.25, 0.3) is 0 Å². The number of aromatic hydroxyl groups is 1. The van der Waals surface area contributed by atoms with E-state index in [9.17, 15) is 9.90 Å². The molecule has 0 aliphatic heterocycles. The van der Waals surface area contributed by atoms with Crippen molar-refractivity contribution in [3.8, 4) is 5.75 Å². The molecule has 2 N–H and O–H groups in total. The van der Waals surface area contributed by atoms with Gasteiger partial charge in [0, 0.05) is 0 Å². The molecule has 1 rings (SSSR count). The van der Waals surface area contributed by atoms with E-state index < -0.39 is 5.97 Å². The normalized spacial score (nSPS) is 10.4. The van der Waals surface area contributed by atoms with E-state index in [0.29, 0.717) is 12.0 Å². The molecule has 0 amide bonds. The highest BCUT2D eigenvalue weighted by Gasteiger charge is 2.15. The van der Waals surface area contributed by atoms with Gasteiger partial charge in [-0.05, 0) is 36.1 Å². The van der Waals surface area contributed by atoms with Gasteiger partial charge >= 0.3 is 5.97 Å². The molecule has 3 nitrogen and oxygen atoms in total. The van der Waals surface area contributed by atoms with Crippen LogP contribution in [0.4, 0.5) is 0 Å². The van der Waals surface area contributed by atoms with Crippen LogP contribution in [0.5, 0.6) is 5.75 Å². The second kappa shape index (κ2) is 5.54. The summed E-state index contributed by atoms with van der Waals surface area (Å²) < 4.78 is 0. The molecule has 0 fully saturated rings. The van der Waals surface area contributed by atoms with Gasteiger partial charge in [-0.25, -0.2) is 4.79 Å². The summed E-state index contributed by atoms with van der Waals surface area (Å²) in [5.41, 5.74) is 1.91. The molecule has 0 spiro atoms. The van der Waals surface area contributed by atoms with Crippen molar-refractivity contribution in [3.63, 3.8) is 0 Å². The van der Waals surface area contributed by atoms with Gasteiger partial charge in [0.2, 0.25) is 0 Å². The quantitative estimate of drug-likeness (QED) is 0.805. The summed E-state index contributed by atoms with van der Waals surface area (Å²) >= 11 is 0. The van der Waals surface area contributed by atoms with Crippen molar-refractivity contribution in [2.45, 2.75) is 39.5 Å². The average Bonchev–Trinajstić information content (AvgIpc) is 2.23. The maximum atomic E-state index is 11.1. The van der Waals surface area contributed by atoms with Gasteiger partial charge in [0.1, 0.15) is 5.75 Å². The number of rotatable bonds is 5. The minimum Gasteiger partial charge on any atom is -0.508 e. The molecule has 16 heavy (non-hydrogen) atoms. The summed E-state index contributed by atoms with van der Waals surface area (Å²) in [6.07, 6.45) is 3.20. The fourth-order valence-electron chi connectivity index (χ4n) is 1.95. The van der Waals surface area contributed by atoms with Gasteiger partial charge in [-0.15, -0.1) is 0 Å². The predicted molar refractivity (Wildman–Crippen MR) is 63.1 cm³/mol. The topological polar surface area (TPSA) is 57.5 Å². The van der Waals surface area contributed by atoms with Gasteiger partial charge in [0.15, 0.2) is 0 Å². The van der Waals surface area contributed by atoms with Gasteiger partial charge in [-0.3, -0.25) is 0 Å². The van der Waals surface area contributed by atoms with Crippen LogP contribution in [-0.4, -0.2) is 16.2 Å². The second-order valence-electron chi connectivity index (χ2n) is 3.89. The largest absolute Gasteiger partial charge is 0.508 e. The lowest BCUT2D eigenvalue weighted by Gasteiger charge is -2.13. The number of carboxylic acids is 1. The van der Waals surface area contributed by atoms with Crippen LogP contribution >= 0.6 is 0 Å². The molecule has 3 heteroatoms. The summed E-state index contributed by atoms with van der Waals surface area (Å²) in [4.78, 5) is 11.1. The Morgan fingerprint density at radius 2 is 1.69 bits per heavy atom. The molecule has 0 saturated heterocycles. The molecule has 0 atom stereocenters. The molecule has 0 bridgehead atoms. The fraction of sp³-hybridized carbons (Fsp3) is 0.462. The highest BCUT2D eigenvalue weighted by Crippen LogP contribution is 2.27. The molecule has 0 aromatic heterocycles. The molecule has 88 valence electrons. The molecule has 1 aromatic rings. The monoisotopic (exact) mass is 222 g/mol. The number of aromatic carboxylic acids is 1. The van der Waals surface area contributed by atoms with Crippen LogP contribution in [0.2, 0.25) is 0 Å². The molecule has 0 radical (unpaired) electrons. The summed E-state index contributed by atoms with van der Waals surface area (Å²) in [6, 6.07) is 2.97. The van der Waals surface area contributed by atoms with E-state index in [2.05, 4.69) is 0 Å². The zero-order chi connectivity index (χ0) is 12.1. The zero-order valence-electron chi connectivity index (χ0n) is 9.79. The molecule has 0 unspecified atom stereocenters. The van der Waals surface area contributed by atoms with Crippen LogP contribution in [0.15, 0.2) is 12.1 Å².